The maximum Gasteiger partial charge on any atom is 0.328 e. The number of carbonyl (C=O) groups is 2. The fourth-order valence-electron chi connectivity index (χ4n) is 2.92. The molecule has 0 aliphatic heterocycles. The molecule has 0 bridgehead atoms. The molecule has 1 atom stereocenters. The molecule has 0 aromatic heterocycles. The quantitative estimate of drug-likeness (QED) is 0.561. The zero-order valence-electron chi connectivity index (χ0n) is 16.6. The molecule has 154 valence electrons. The molecule has 6 nitrogen and oxygen atoms in total. The van der Waals surface area contributed by atoms with E-state index < -0.39 is 17.9 Å². The second-order valence-corrected chi connectivity index (χ2v) is 6.72. The Labute approximate surface area is 175 Å². The van der Waals surface area contributed by atoms with Crippen molar-refractivity contribution in [3.8, 4) is 11.5 Å². The van der Waals surface area contributed by atoms with E-state index in [1.165, 1.54) is 19.2 Å². The third-order valence-corrected chi connectivity index (χ3v) is 4.51. The van der Waals surface area contributed by atoms with Gasteiger partial charge in [0.25, 0.3) is 5.91 Å². The predicted octanol–water partition coefficient (Wildman–Crippen LogP) is 3.49. The molecule has 3 aromatic carbocycles. The van der Waals surface area contributed by atoms with Gasteiger partial charge in [-0.05, 0) is 41.5 Å². The number of hydrogen-bond acceptors (Lipinski definition) is 5. The van der Waals surface area contributed by atoms with Gasteiger partial charge >= 0.3 is 5.97 Å². The van der Waals surface area contributed by atoms with E-state index in [0.29, 0.717) is 12.4 Å². The fourth-order valence-corrected chi connectivity index (χ4v) is 2.92. The average Bonchev–Trinajstić information content (AvgIpc) is 2.78. The number of benzene rings is 3. The molecule has 3 aromatic rings. The van der Waals surface area contributed by atoms with Gasteiger partial charge in [-0.2, -0.15) is 0 Å². The smallest absolute Gasteiger partial charge is 0.328 e. The standard InChI is InChI=1S/C24H23NO5/c1-29-24(28)22(25-23(27)19-8-5-9-20(26)15-19)14-17-10-12-21(13-11-17)30-16-18-6-3-2-4-7-18/h2-13,15,22,26H,14,16H2,1H3,(H,25,27). The summed E-state index contributed by atoms with van der Waals surface area (Å²) in [6, 6.07) is 22.2. The second-order valence-electron chi connectivity index (χ2n) is 6.72. The molecule has 0 aliphatic carbocycles. The molecule has 30 heavy (non-hydrogen) atoms. The minimum absolute atomic E-state index is 0.0247. The van der Waals surface area contributed by atoms with Gasteiger partial charge in [0, 0.05) is 12.0 Å². The van der Waals surface area contributed by atoms with Crippen LogP contribution in [0.5, 0.6) is 11.5 Å². The number of amides is 1. The monoisotopic (exact) mass is 405 g/mol. The zero-order valence-corrected chi connectivity index (χ0v) is 16.6. The Morgan fingerprint density at radius 2 is 1.67 bits per heavy atom. The number of aromatic hydroxyl groups is 1. The van der Waals surface area contributed by atoms with Crippen LogP contribution in [0.15, 0.2) is 78.9 Å². The highest BCUT2D eigenvalue weighted by Crippen LogP contribution is 2.16. The van der Waals surface area contributed by atoms with Crippen molar-refractivity contribution in [1.82, 2.24) is 5.32 Å². The molecular weight excluding hydrogens is 382 g/mol. The third-order valence-electron chi connectivity index (χ3n) is 4.51. The van der Waals surface area contributed by atoms with Crippen molar-refractivity contribution in [3.63, 3.8) is 0 Å². The number of rotatable bonds is 8. The lowest BCUT2D eigenvalue weighted by atomic mass is 10.0. The average molecular weight is 405 g/mol. The highest BCUT2D eigenvalue weighted by molar-refractivity contribution is 5.97. The van der Waals surface area contributed by atoms with Crippen LogP contribution in [0.1, 0.15) is 21.5 Å². The van der Waals surface area contributed by atoms with E-state index in [9.17, 15) is 14.7 Å². The topological polar surface area (TPSA) is 84.9 Å². The number of methoxy groups -OCH3 is 1. The summed E-state index contributed by atoms with van der Waals surface area (Å²) >= 11 is 0. The van der Waals surface area contributed by atoms with Gasteiger partial charge in [-0.15, -0.1) is 0 Å². The maximum atomic E-state index is 12.4. The van der Waals surface area contributed by atoms with Crippen LogP contribution < -0.4 is 10.1 Å². The van der Waals surface area contributed by atoms with Gasteiger partial charge in [-0.3, -0.25) is 4.79 Å². The highest BCUT2D eigenvalue weighted by atomic mass is 16.5. The number of esters is 1. The maximum absolute atomic E-state index is 12.4. The largest absolute Gasteiger partial charge is 0.508 e. The van der Waals surface area contributed by atoms with Gasteiger partial charge in [0.2, 0.25) is 0 Å². The van der Waals surface area contributed by atoms with Gasteiger partial charge in [0.05, 0.1) is 7.11 Å². The van der Waals surface area contributed by atoms with E-state index in [1.54, 1.807) is 12.1 Å². The van der Waals surface area contributed by atoms with Crippen LogP contribution >= 0.6 is 0 Å². The van der Waals surface area contributed by atoms with Crippen molar-refractivity contribution < 1.29 is 24.2 Å². The van der Waals surface area contributed by atoms with E-state index in [1.807, 2.05) is 54.6 Å². The minimum atomic E-state index is -0.860. The van der Waals surface area contributed by atoms with Crippen molar-refractivity contribution in [2.75, 3.05) is 7.11 Å². The van der Waals surface area contributed by atoms with Crippen molar-refractivity contribution in [2.45, 2.75) is 19.1 Å². The first-order chi connectivity index (χ1) is 14.5. The summed E-state index contributed by atoms with van der Waals surface area (Å²) in [4.78, 5) is 24.6. The number of ether oxygens (including phenoxy) is 2. The minimum Gasteiger partial charge on any atom is -0.508 e. The molecule has 0 fully saturated rings. The normalized spacial score (nSPS) is 11.4. The van der Waals surface area contributed by atoms with Gasteiger partial charge in [0.15, 0.2) is 0 Å². The van der Waals surface area contributed by atoms with Gasteiger partial charge in [-0.25, -0.2) is 4.79 Å². The summed E-state index contributed by atoms with van der Waals surface area (Å²) in [5.74, 6) is -0.332. The molecular formula is C24H23NO5. The third kappa shape index (κ3) is 5.85. The molecule has 0 saturated heterocycles. The Bertz CT molecular complexity index is 986. The van der Waals surface area contributed by atoms with E-state index in [-0.39, 0.29) is 17.7 Å². The van der Waals surface area contributed by atoms with E-state index >= 15 is 0 Å². The predicted molar refractivity (Wildman–Crippen MR) is 112 cm³/mol. The van der Waals surface area contributed by atoms with Crippen molar-refractivity contribution >= 4 is 11.9 Å². The Morgan fingerprint density at radius 1 is 0.933 bits per heavy atom. The van der Waals surface area contributed by atoms with Gasteiger partial charge in [0.1, 0.15) is 24.1 Å². The molecule has 0 aliphatic rings. The molecule has 6 heteroatoms. The number of hydrogen-bond donors (Lipinski definition) is 2. The number of phenolic OH excluding ortho intramolecular Hbond substituents is 1. The summed E-state index contributed by atoms with van der Waals surface area (Å²) in [6.45, 7) is 0.463. The number of nitrogens with one attached hydrogen (secondary N) is 1. The van der Waals surface area contributed by atoms with Crippen LogP contribution in [0.4, 0.5) is 0 Å². The first kappa shape index (κ1) is 20.9. The fraction of sp³-hybridized carbons (Fsp3) is 0.167. The molecule has 2 N–H and O–H groups in total. The van der Waals surface area contributed by atoms with Crippen molar-refractivity contribution in [3.05, 3.63) is 95.6 Å². The molecule has 1 unspecified atom stereocenters. The van der Waals surface area contributed by atoms with Gasteiger partial charge in [-0.1, -0.05) is 48.5 Å². The summed E-state index contributed by atoms with van der Waals surface area (Å²) in [7, 11) is 1.27. The molecule has 0 radical (unpaired) electrons. The lowest BCUT2D eigenvalue weighted by Crippen LogP contribution is -2.43. The van der Waals surface area contributed by atoms with Crippen LogP contribution in [-0.2, 0) is 22.6 Å². The lowest BCUT2D eigenvalue weighted by molar-refractivity contribution is -0.142. The van der Waals surface area contributed by atoms with Crippen molar-refractivity contribution in [1.29, 1.82) is 0 Å². The van der Waals surface area contributed by atoms with Crippen LogP contribution in [0.3, 0.4) is 0 Å². The molecule has 0 saturated carbocycles. The van der Waals surface area contributed by atoms with E-state index in [2.05, 4.69) is 5.32 Å². The molecule has 1 amide bonds. The second kappa shape index (κ2) is 10.1. The number of carbonyl (C=O) groups excluding carboxylic acids is 2. The lowest BCUT2D eigenvalue weighted by Gasteiger charge is -2.17. The van der Waals surface area contributed by atoms with Crippen LogP contribution in [0.2, 0.25) is 0 Å². The molecule has 0 spiro atoms. The Kier molecular flexibility index (Phi) is 7.05. The number of phenols is 1. The van der Waals surface area contributed by atoms with Crippen molar-refractivity contribution in [2.24, 2.45) is 0 Å². The van der Waals surface area contributed by atoms with Crippen LogP contribution in [0, 0.1) is 0 Å². The molecule has 3 rings (SSSR count). The Morgan fingerprint density at radius 3 is 2.33 bits per heavy atom. The van der Waals surface area contributed by atoms with E-state index in [4.69, 9.17) is 9.47 Å². The van der Waals surface area contributed by atoms with Gasteiger partial charge < -0.3 is 19.9 Å². The summed E-state index contributed by atoms with van der Waals surface area (Å²) in [5.41, 5.74) is 2.17. The SMILES string of the molecule is COC(=O)C(Cc1ccc(OCc2ccccc2)cc1)NC(=O)c1cccc(O)c1. The summed E-state index contributed by atoms with van der Waals surface area (Å²) in [5, 5.41) is 12.2. The first-order valence-corrected chi connectivity index (χ1v) is 9.48. The first-order valence-electron chi connectivity index (χ1n) is 9.48. The van der Waals surface area contributed by atoms with Crippen LogP contribution in [0.25, 0.3) is 0 Å². The Balaban J connectivity index is 1.63. The zero-order chi connectivity index (χ0) is 21.3. The highest BCUT2D eigenvalue weighted by Gasteiger charge is 2.22. The summed E-state index contributed by atoms with van der Waals surface area (Å²) in [6.07, 6.45) is 0.260. The molecule has 0 heterocycles. The summed E-state index contributed by atoms with van der Waals surface area (Å²) < 4.78 is 10.6. The van der Waals surface area contributed by atoms with Crippen LogP contribution in [-0.4, -0.2) is 30.1 Å². The van der Waals surface area contributed by atoms with E-state index in [0.717, 1.165) is 11.1 Å². The Hall–Kier alpha value is -3.80.